The van der Waals surface area contributed by atoms with E-state index in [4.69, 9.17) is 26.2 Å². The molecule has 0 saturated heterocycles. The van der Waals surface area contributed by atoms with Gasteiger partial charge in [-0.1, -0.05) is 23.7 Å². The number of amides is 1. The van der Waals surface area contributed by atoms with E-state index in [1.54, 1.807) is 30.3 Å². The average Bonchev–Trinajstić information content (AvgIpc) is 2.84. The van der Waals surface area contributed by atoms with Crippen LogP contribution >= 0.6 is 34.2 Å². The minimum absolute atomic E-state index is 0.117. The fourth-order valence-electron chi connectivity index (χ4n) is 3.61. The number of nitrogens with one attached hydrogen (secondary N) is 2. The van der Waals surface area contributed by atoms with Gasteiger partial charge in [0.2, 0.25) is 5.91 Å². The van der Waals surface area contributed by atoms with E-state index in [9.17, 15) is 14.7 Å². The molecule has 3 rings (SSSR count). The summed E-state index contributed by atoms with van der Waals surface area (Å²) in [5, 5.41) is 26.8. The molecular formula is C24H26ClIN2O6. The third-order valence-electron chi connectivity index (χ3n) is 5.37. The van der Waals surface area contributed by atoms with Crippen LogP contribution < -0.4 is 20.1 Å². The number of benzene rings is 2. The van der Waals surface area contributed by atoms with E-state index >= 15 is 0 Å². The highest BCUT2D eigenvalue weighted by atomic mass is 127. The lowest BCUT2D eigenvalue weighted by Crippen LogP contribution is -2.51. The summed E-state index contributed by atoms with van der Waals surface area (Å²) >= 11 is 7.99. The van der Waals surface area contributed by atoms with Crippen molar-refractivity contribution in [3.8, 4) is 11.5 Å². The normalized spacial score (nSPS) is 19.8. The number of carbonyl (C=O) groups excluding carboxylic acids is 2. The number of ether oxygens (including phenoxy) is 2. The highest BCUT2D eigenvalue weighted by Crippen LogP contribution is 2.36. The number of hydrogen-bond acceptors (Lipinski definition) is 7. The summed E-state index contributed by atoms with van der Waals surface area (Å²) in [4.78, 5) is 23.9. The second kappa shape index (κ2) is 12.5. The molecular weight excluding hydrogens is 575 g/mol. The fraction of sp³-hybridized carbons (Fsp3) is 0.333. The van der Waals surface area contributed by atoms with Crippen molar-refractivity contribution in [3.05, 3.63) is 67.8 Å². The summed E-state index contributed by atoms with van der Waals surface area (Å²) in [5.41, 5.74) is 1.83. The van der Waals surface area contributed by atoms with Gasteiger partial charge in [0.15, 0.2) is 11.5 Å². The Hall–Kier alpha value is -2.18. The Labute approximate surface area is 216 Å². The van der Waals surface area contributed by atoms with E-state index in [0.717, 1.165) is 5.56 Å². The predicted octanol–water partition coefficient (Wildman–Crippen LogP) is 2.47. The minimum atomic E-state index is -0.979. The van der Waals surface area contributed by atoms with E-state index in [0.29, 0.717) is 44.1 Å². The molecule has 2 aromatic carbocycles. The Morgan fingerprint density at radius 3 is 2.68 bits per heavy atom. The molecule has 182 valence electrons. The number of aliphatic hydroxyl groups is 2. The van der Waals surface area contributed by atoms with Crippen LogP contribution in [0.3, 0.4) is 0 Å². The first-order valence-electron chi connectivity index (χ1n) is 10.6. The Bertz CT molecular complexity index is 1050. The topological polar surface area (TPSA) is 117 Å². The van der Waals surface area contributed by atoms with Crippen LogP contribution in [-0.2, 0) is 11.3 Å². The van der Waals surface area contributed by atoms with Gasteiger partial charge in [-0.25, -0.2) is 0 Å². The van der Waals surface area contributed by atoms with E-state index in [2.05, 4.69) is 10.6 Å². The van der Waals surface area contributed by atoms with E-state index in [-0.39, 0.29) is 25.5 Å². The van der Waals surface area contributed by atoms with E-state index < -0.39 is 18.2 Å². The number of aldehydes is 1. The first-order valence-corrected chi connectivity index (χ1v) is 12.1. The van der Waals surface area contributed by atoms with Crippen LogP contribution in [-0.4, -0.2) is 60.9 Å². The summed E-state index contributed by atoms with van der Waals surface area (Å²) in [6.45, 7) is 0.385. The van der Waals surface area contributed by atoms with Crippen LogP contribution in [0.1, 0.15) is 22.3 Å². The molecule has 8 nitrogen and oxygen atoms in total. The van der Waals surface area contributed by atoms with Crippen molar-refractivity contribution in [3.63, 3.8) is 0 Å². The molecule has 0 bridgehead atoms. The van der Waals surface area contributed by atoms with Gasteiger partial charge >= 0.3 is 0 Å². The highest BCUT2D eigenvalue weighted by Gasteiger charge is 2.36. The van der Waals surface area contributed by atoms with E-state index in [1.807, 2.05) is 34.7 Å². The van der Waals surface area contributed by atoms with Crippen molar-refractivity contribution in [2.24, 2.45) is 0 Å². The number of halogens is 2. The summed E-state index contributed by atoms with van der Waals surface area (Å²) < 4.78 is 12.2. The molecule has 0 fully saturated rings. The molecule has 0 aliphatic heterocycles. The third kappa shape index (κ3) is 6.70. The van der Waals surface area contributed by atoms with E-state index in [1.165, 1.54) is 7.11 Å². The zero-order valence-corrected chi connectivity index (χ0v) is 21.4. The molecule has 1 aliphatic rings. The molecule has 0 radical (unpaired) electrons. The number of methoxy groups -OCH3 is 1. The van der Waals surface area contributed by atoms with Crippen molar-refractivity contribution in [1.82, 2.24) is 10.6 Å². The van der Waals surface area contributed by atoms with Gasteiger partial charge in [0.05, 0.1) is 17.3 Å². The molecule has 4 N–H and O–H groups in total. The van der Waals surface area contributed by atoms with Crippen LogP contribution in [0.2, 0.25) is 5.02 Å². The maximum atomic E-state index is 12.7. The Morgan fingerprint density at radius 1 is 1.29 bits per heavy atom. The zero-order chi connectivity index (χ0) is 24.7. The van der Waals surface area contributed by atoms with Gasteiger partial charge < -0.3 is 30.3 Å². The lowest BCUT2D eigenvalue weighted by molar-refractivity contribution is -0.118. The fourth-order valence-corrected chi connectivity index (χ4v) is 4.49. The van der Waals surface area contributed by atoms with Crippen LogP contribution in [0.25, 0.3) is 0 Å². The largest absolute Gasteiger partial charge is 0.493 e. The van der Waals surface area contributed by atoms with Crippen LogP contribution in [0.15, 0.2) is 48.0 Å². The second-order valence-electron chi connectivity index (χ2n) is 7.71. The van der Waals surface area contributed by atoms with Gasteiger partial charge in [-0.2, -0.15) is 0 Å². The molecule has 0 heterocycles. The Balaban J connectivity index is 1.86. The van der Waals surface area contributed by atoms with Crippen molar-refractivity contribution in [2.75, 3.05) is 20.3 Å². The van der Waals surface area contributed by atoms with Crippen molar-refractivity contribution in [2.45, 2.75) is 31.2 Å². The molecule has 0 aromatic heterocycles. The summed E-state index contributed by atoms with van der Waals surface area (Å²) in [6, 6.07) is 10.0. The maximum Gasteiger partial charge on any atom is 0.247 e. The van der Waals surface area contributed by atoms with Crippen LogP contribution in [0, 0.1) is 3.57 Å². The molecule has 0 unspecified atom stereocenters. The van der Waals surface area contributed by atoms with Crippen LogP contribution in [0.4, 0.5) is 0 Å². The number of carbonyl (C=O) groups is 2. The minimum Gasteiger partial charge on any atom is -0.493 e. The molecule has 0 spiro atoms. The van der Waals surface area contributed by atoms with Gasteiger partial charge in [0.1, 0.15) is 18.5 Å². The molecule has 2 aromatic rings. The monoisotopic (exact) mass is 600 g/mol. The smallest absolute Gasteiger partial charge is 0.247 e. The number of hydrogen-bond donors (Lipinski definition) is 4. The summed E-state index contributed by atoms with van der Waals surface area (Å²) in [7, 11) is 1.46. The molecule has 10 heteroatoms. The van der Waals surface area contributed by atoms with Crippen molar-refractivity contribution in [1.29, 1.82) is 0 Å². The average molecular weight is 601 g/mol. The maximum absolute atomic E-state index is 12.7. The lowest BCUT2D eigenvalue weighted by Gasteiger charge is -2.34. The van der Waals surface area contributed by atoms with Crippen molar-refractivity contribution < 1.29 is 29.3 Å². The Morgan fingerprint density at radius 2 is 2.03 bits per heavy atom. The number of aliphatic hydroxyl groups excluding tert-OH is 2. The Kier molecular flexibility index (Phi) is 9.72. The highest BCUT2D eigenvalue weighted by molar-refractivity contribution is 14.1. The zero-order valence-electron chi connectivity index (χ0n) is 18.5. The standard InChI is InChI=1S/C24H26ClIN2O6/c1-33-21-9-15(13-30)8-18(26)23(21)34-20-11-16(24(32)27-6-7-29)10-19(22(20)31)28-12-14-2-4-17(25)5-3-14/h2-5,8-9,11,13,19-20,22,28-29,31H,6-7,10,12H2,1H3,(H,27,32)/t19-,20+,22+/m1/s1. The summed E-state index contributed by atoms with van der Waals surface area (Å²) in [6.07, 6.45) is 0.721. The van der Waals surface area contributed by atoms with Gasteiger partial charge in [0.25, 0.3) is 0 Å². The first-order chi connectivity index (χ1) is 16.4. The van der Waals surface area contributed by atoms with Gasteiger partial charge in [-0.05, 0) is 64.9 Å². The second-order valence-corrected chi connectivity index (χ2v) is 9.31. The molecule has 0 saturated carbocycles. The predicted molar refractivity (Wildman–Crippen MR) is 136 cm³/mol. The lowest BCUT2D eigenvalue weighted by atomic mass is 9.89. The quantitative estimate of drug-likeness (QED) is 0.245. The SMILES string of the molecule is COc1cc(C=O)cc(I)c1O[C@H]1C=C(C(=O)NCCO)C[C@@H](NCc2ccc(Cl)cc2)[C@@H]1O. The molecule has 3 atom stereocenters. The van der Waals surface area contributed by atoms with Gasteiger partial charge in [0, 0.05) is 35.3 Å². The van der Waals surface area contributed by atoms with Crippen molar-refractivity contribution >= 4 is 46.4 Å². The third-order valence-corrected chi connectivity index (χ3v) is 6.42. The molecule has 1 aliphatic carbocycles. The number of rotatable bonds is 10. The first kappa shape index (κ1) is 26.4. The molecule has 1 amide bonds. The van der Waals surface area contributed by atoms with Crippen LogP contribution in [0.5, 0.6) is 11.5 Å². The summed E-state index contributed by atoms with van der Waals surface area (Å²) in [5.74, 6) is 0.366. The van der Waals surface area contributed by atoms with Gasteiger partial charge in [-0.3, -0.25) is 9.59 Å². The molecule has 34 heavy (non-hydrogen) atoms. The van der Waals surface area contributed by atoms with Gasteiger partial charge in [-0.15, -0.1) is 0 Å².